The second-order valence-electron chi connectivity index (χ2n) is 5.39. The Hall–Kier alpha value is -1.88. The highest BCUT2D eigenvalue weighted by atomic mass is 16.5. The molecule has 0 radical (unpaired) electrons. The predicted molar refractivity (Wildman–Crippen MR) is 77.1 cm³/mol. The van der Waals surface area contributed by atoms with Gasteiger partial charge in [-0.05, 0) is 19.4 Å². The third kappa shape index (κ3) is 5.01. The number of amides is 1. The molecule has 0 bridgehead atoms. The van der Waals surface area contributed by atoms with Gasteiger partial charge in [-0.2, -0.15) is 0 Å². The highest BCUT2D eigenvalue weighted by Crippen LogP contribution is 2.18. The number of nitrogens with one attached hydrogen (secondary N) is 1. The lowest BCUT2D eigenvalue weighted by atomic mass is 9.95. The van der Waals surface area contributed by atoms with E-state index < -0.39 is 11.5 Å². The quantitative estimate of drug-likeness (QED) is 0.734. The van der Waals surface area contributed by atoms with Crippen molar-refractivity contribution in [1.82, 2.24) is 5.32 Å². The van der Waals surface area contributed by atoms with Gasteiger partial charge in [0.15, 0.2) is 0 Å². The number of hydrogen-bond donors (Lipinski definition) is 2. The summed E-state index contributed by atoms with van der Waals surface area (Å²) < 4.78 is 4.84. The lowest BCUT2D eigenvalue weighted by molar-refractivity contribution is -0.142. The summed E-state index contributed by atoms with van der Waals surface area (Å²) in [6, 6.07) is 9.40. The topological polar surface area (TPSA) is 81.4 Å². The molecule has 1 atom stereocenters. The van der Waals surface area contributed by atoms with Crippen molar-refractivity contribution in [1.29, 1.82) is 0 Å². The summed E-state index contributed by atoms with van der Waals surface area (Å²) in [6.45, 7) is 4.13. The standard InChI is InChI=1S/C15H22N2O3/c1-15(2,9-13(16)18)17-10-12(14(19)20-3)11-7-5-4-6-8-11/h4-8,12,17H,9-10H2,1-3H3,(H2,16,18). The molecular formula is C15H22N2O3. The Balaban J connectivity index is 2.77. The number of carbonyl (C=O) groups is 2. The molecule has 0 fully saturated rings. The Morgan fingerprint density at radius 3 is 2.40 bits per heavy atom. The first-order chi connectivity index (χ1) is 9.35. The summed E-state index contributed by atoms with van der Waals surface area (Å²) in [5.41, 5.74) is 5.62. The van der Waals surface area contributed by atoms with E-state index in [1.807, 2.05) is 44.2 Å². The van der Waals surface area contributed by atoms with Crippen LogP contribution in [0.2, 0.25) is 0 Å². The molecule has 0 aliphatic heterocycles. The molecule has 1 rings (SSSR count). The van der Waals surface area contributed by atoms with Gasteiger partial charge < -0.3 is 15.8 Å². The lowest BCUT2D eigenvalue weighted by Crippen LogP contribution is -2.45. The molecule has 0 aliphatic rings. The monoisotopic (exact) mass is 278 g/mol. The summed E-state index contributed by atoms with van der Waals surface area (Å²) in [4.78, 5) is 22.9. The van der Waals surface area contributed by atoms with Gasteiger partial charge in [0.25, 0.3) is 0 Å². The molecule has 5 heteroatoms. The molecule has 5 nitrogen and oxygen atoms in total. The van der Waals surface area contributed by atoms with Crippen LogP contribution in [0.3, 0.4) is 0 Å². The van der Waals surface area contributed by atoms with Crippen molar-refractivity contribution < 1.29 is 14.3 Å². The summed E-state index contributed by atoms with van der Waals surface area (Å²) in [6.07, 6.45) is 0.204. The van der Waals surface area contributed by atoms with Gasteiger partial charge in [-0.3, -0.25) is 9.59 Å². The first-order valence-corrected chi connectivity index (χ1v) is 6.52. The van der Waals surface area contributed by atoms with Crippen LogP contribution in [-0.2, 0) is 14.3 Å². The number of carbonyl (C=O) groups excluding carboxylic acids is 2. The van der Waals surface area contributed by atoms with Gasteiger partial charge in [0.1, 0.15) is 0 Å². The van der Waals surface area contributed by atoms with Crippen LogP contribution >= 0.6 is 0 Å². The fourth-order valence-corrected chi connectivity index (χ4v) is 2.04. The number of ether oxygens (including phenoxy) is 1. The van der Waals surface area contributed by atoms with Crippen molar-refractivity contribution in [3.63, 3.8) is 0 Å². The number of methoxy groups -OCH3 is 1. The van der Waals surface area contributed by atoms with Crippen LogP contribution in [0, 0.1) is 0 Å². The van der Waals surface area contributed by atoms with Gasteiger partial charge in [-0.1, -0.05) is 30.3 Å². The number of benzene rings is 1. The zero-order valence-electron chi connectivity index (χ0n) is 12.2. The normalized spacial score (nSPS) is 12.8. The summed E-state index contributed by atoms with van der Waals surface area (Å²) in [7, 11) is 1.37. The summed E-state index contributed by atoms with van der Waals surface area (Å²) >= 11 is 0. The fraction of sp³-hybridized carbons (Fsp3) is 0.467. The second-order valence-corrected chi connectivity index (χ2v) is 5.39. The molecule has 0 saturated carbocycles. The van der Waals surface area contributed by atoms with Gasteiger partial charge in [-0.25, -0.2) is 0 Å². The van der Waals surface area contributed by atoms with Crippen LogP contribution in [-0.4, -0.2) is 31.1 Å². The van der Waals surface area contributed by atoms with E-state index in [9.17, 15) is 9.59 Å². The Kier molecular flexibility index (Phi) is 5.70. The Bertz CT molecular complexity index is 457. The maximum Gasteiger partial charge on any atom is 0.314 e. The molecule has 1 aromatic carbocycles. The average molecular weight is 278 g/mol. The van der Waals surface area contributed by atoms with E-state index in [1.165, 1.54) is 7.11 Å². The zero-order chi connectivity index (χ0) is 15.2. The Morgan fingerprint density at radius 2 is 1.90 bits per heavy atom. The van der Waals surface area contributed by atoms with E-state index in [2.05, 4.69) is 5.32 Å². The lowest BCUT2D eigenvalue weighted by Gasteiger charge is -2.27. The SMILES string of the molecule is COC(=O)C(CNC(C)(C)CC(N)=O)c1ccccc1. The van der Waals surface area contributed by atoms with E-state index in [-0.39, 0.29) is 18.3 Å². The van der Waals surface area contributed by atoms with E-state index >= 15 is 0 Å². The van der Waals surface area contributed by atoms with Crippen LogP contribution in [0.15, 0.2) is 30.3 Å². The first kappa shape index (κ1) is 16.2. The minimum Gasteiger partial charge on any atom is -0.469 e. The largest absolute Gasteiger partial charge is 0.469 e. The molecule has 20 heavy (non-hydrogen) atoms. The van der Waals surface area contributed by atoms with Gasteiger partial charge in [0, 0.05) is 18.5 Å². The van der Waals surface area contributed by atoms with Crippen LogP contribution in [0.4, 0.5) is 0 Å². The van der Waals surface area contributed by atoms with E-state index in [0.717, 1.165) is 5.56 Å². The zero-order valence-corrected chi connectivity index (χ0v) is 12.2. The molecule has 1 amide bonds. The molecule has 0 spiro atoms. The van der Waals surface area contributed by atoms with Crippen LogP contribution in [0.1, 0.15) is 31.7 Å². The second kappa shape index (κ2) is 7.05. The van der Waals surface area contributed by atoms with Gasteiger partial charge in [-0.15, -0.1) is 0 Å². The van der Waals surface area contributed by atoms with Crippen molar-refractivity contribution in [2.45, 2.75) is 31.7 Å². The third-order valence-corrected chi connectivity index (χ3v) is 3.09. The Morgan fingerprint density at radius 1 is 1.30 bits per heavy atom. The number of rotatable bonds is 7. The molecule has 0 saturated heterocycles. The molecule has 1 unspecified atom stereocenters. The summed E-state index contributed by atoms with van der Waals surface area (Å²) in [5, 5.41) is 3.20. The first-order valence-electron chi connectivity index (χ1n) is 6.52. The fourth-order valence-electron chi connectivity index (χ4n) is 2.04. The average Bonchev–Trinajstić information content (AvgIpc) is 2.38. The highest BCUT2D eigenvalue weighted by Gasteiger charge is 2.26. The molecule has 110 valence electrons. The number of esters is 1. The predicted octanol–water partition coefficient (Wildman–Crippen LogP) is 1.19. The van der Waals surface area contributed by atoms with Gasteiger partial charge in [0.05, 0.1) is 13.0 Å². The van der Waals surface area contributed by atoms with Crippen molar-refractivity contribution in [3.05, 3.63) is 35.9 Å². The van der Waals surface area contributed by atoms with Crippen molar-refractivity contribution >= 4 is 11.9 Å². The number of hydrogen-bond acceptors (Lipinski definition) is 4. The van der Waals surface area contributed by atoms with Crippen LogP contribution < -0.4 is 11.1 Å². The molecule has 1 aromatic rings. The maximum absolute atomic E-state index is 11.9. The van der Waals surface area contributed by atoms with E-state index in [4.69, 9.17) is 10.5 Å². The summed E-state index contributed by atoms with van der Waals surface area (Å²) in [5.74, 6) is -1.09. The number of primary amides is 1. The maximum atomic E-state index is 11.9. The smallest absolute Gasteiger partial charge is 0.314 e. The van der Waals surface area contributed by atoms with E-state index in [1.54, 1.807) is 0 Å². The third-order valence-electron chi connectivity index (χ3n) is 3.09. The number of nitrogens with two attached hydrogens (primary N) is 1. The molecule has 0 aliphatic carbocycles. The minimum absolute atomic E-state index is 0.204. The molecule has 3 N–H and O–H groups in total. The van der Waals surface area contributed by atoms with E-state index in [0.29, 0.717) is 6.54 Å². The van der Waals surface area contributed by atoms with Gasteiger partial charge >= 0.3 is 5.97 Å². The molecule has 0 aromatic heterocycles. The molecular weight excluding hydrogens is 256 g/mol. The molecule has 0 heterocycles. The van der Waals surface area contributed by atoms with Crippen molar-refractivity contribution in [2.75, 3.05) is 13.7 Å². The van der Waals surface area contributed by atoms with Crippen LogP contribution in [0.5, 0.6) is 0 Å². The highest BCUT2D eigenvalue weighted by molar-refractivity contribution is 5.78. The van der Waals surface area contributed by atoms with Crippen molar-refractivity contribution in [2.24, 2.45) is 5.73 Å². The van der Waals surface area contributed by atoms with Gasteiger partial charge in [0.2, 0.25) is 5.91 Å². The van der Waals surface area contributed by atoms with Crippen molar-refractivity contribution in [3.8, 4) is 0 Å². The minimum atomic E-state index is -0.465. The Labute approximate surface area is 119 Å². The van der Waals surface area contributed by atoms with Crippen LogP contribution in [0.25, 0.3) is 0 Å².